The minimum atomic E-state index is -1.45. The Morgan fingerprint density at radius 2 is 1.88 bits per heavy atom. The Bertz CT molecular complexity index is 1330. The molecule has 1 amide bonds. The van der Waals surface area contributed by atoms with Gasteiger partial charge in [0.2, 0.25) is 5.90 Å². The number of aliphatic hydroxyl groups excluding tert-OH is 1. The van der Waals surface area contributed by atoms with Crippen molar-refractivity contribution < 1.29 is 28.9 Å². The van der Waals surface area contributed by atoms with Crippen LogP contribution in [0.5, 0.6) is 5.75 Å². The molecule has 2 aromatic rings. The minimum Gasteiger partial charge on any atom is -0.494 e. The van der Waals surface area contributed by atoms with E-state index in [9.17, 15) is 9.59 Å². The van der Waals surface area contributed by atoms with Crippen LogP contribution in [-0.4, -0.2) is 65.2 Å². The highest BCUT2D eigenvalue weighted by Gasteiger charge is 2.55. The monoisotopic (exact) mass is 577 g/mol. The zero-order valence-corrected chi connectivity index (χ0v) is 24.5. The van der Waals surface area contributed by atoms with Crippen LogP contribution in [0, 0.1) is 0 Å². The van der Waals surface area contributed by atoms with Crippen molar-refractivity contribution in [3.8, 4) is 5.75 Å². The molecule has 1 fully saturated rings. The number of rotatable bonds is 12. The van der Waals surface area contributed by atoms with Crippen LogP contribution in [-0.2, 0) is 25.6 Å². The summed E-state index contributed by atoms with van der Waals surface area (Å²) in [5.41, 5.74) is 8.92. The number of carbonyl (C=O) groups excluding carboxylic acids is 2. The number of carbonyl (C=O) groups is 2. The molecule has 11 heteroatoms. The van der Waals surface area contributed by atoms with Crippen LogP contribution < -0.4 is 4.74 Å². The molecule has 2 heterocycles. The minimum absolute atomic E-state index is 0.0381. The number of benzene rings is 2. The molecule has 4 rings (SSSR count). The third-order valence-electron chi connectivity index (χ3n) is 7.17. The highest BCUT2D eigenvalue weighted by atomic mass is 16.6. The summed E-state index contributed by atoms with van der Waals surface area (Å²) in [6.45, 7) is 7.11. The van der Waals surface area contributed by atoms with Gasteiger partial charge in [0.15, 0.2) is 11.6 Å². The molecule has 1 N–H and O–H groups in total. The van der Waals surface area contributed by atoms with E-state index in [1.165, 1.54) is 0 Å². The van der Waals surface area contributed by atoms with E-state index in [-0.39, 0.29) is 37.8 Å². The molecule has 0 radical (unpaired) electrons. The van der Waals surface area contributed by atoms with Gasteiger partial charge in [0.25, 0.3) is 5.91 Å². The van der Waals surface area contributed by atoms with Crippen molar-refractivity contribution in [1.29, 1.82) is 0 Å². The lowest BCUT2D eigenvalue weighted by atomic mass is 9.81. The fourth-order valence-corrected chi connectivity index (χ4v) is 5.25. The average molecular weight is 578 g/mol. The van der Waals surface area contributed by atoms with Crippen LogP contribution in [0.25, 0.3) is 10.4 Å². The number of azide groups is 1. The van der Waals surface area contributed by atoms with Gasteiger partial charge in [0.1, 0.15) is 11.4 Å². The zero-order valence-electron chi connectivity index (χ0n) is 24.5. The lowest BCUT2D eigenvalue weighted by Gasteiger charge is -2.34. The van der Waals surface area contributed by atoms with E-state index in [0.717, 1.165) is 12.8 Å². The van der Waals surface area contributed by atoms with Crippen LogP contribution in [0.4, 0.5) is 0 Å². The second-order valence-corrected chi connectivity index (χ2v) is 11.5. The van der Waals surface area contributed by atoms with Crippen molar-refractivity contribution >= 4 is 17.8 Å². The number of aliphatic hydroxyl groups is 1. The summed E-state index contributed by atoms with van der Waals surface area (Å²) < 4.78 is 17.8. The molecule has 11 nitrogen and oxygen atoms in total. The molecule has 2 atom stereocenters. The van der Waals surface area contributed by atoms with Crippen molar-refractivity contribution in [2.75, 3.05) is 26.3 Å². The Hall–Kier alpha value is -4.08. The molecule has 1 saturated heterocycles. The maximum Gasteiger partial charge on any atom is 0.306 e. The van der Waals surface area contributed by atoms with Gasteiger partial charge in [-0.15, -0.1) is 0 Å². The lowest BCUT2D eigenvalue weighted by Crippen LogP contribution is -2.50. The van der Waals surface area contributed by atoms with Gasteiger partial charge in [-0.3, -0.25) is 9.59 Å². The Labute approximate surface area is 246 Å². The van der Waals surface area contributed by atoms with Crippen LogP contribution in [0.15, 0.2) is 58.6 Å². The Morgan fingerprint density at radius 3 is 2.55 bits per heavy atom. The Balaban J connectivity index is 1.78. The molecule has 2 aromatic carbocycles. The molecule has 0 bridgehead atoms. The number of aliphatic imine (C=N–C) groups is 1. The summed E-state index contributed by atoms with van der Waals surface area (Å²) in [6, 6.07) is 14.5. The number of ether oxygens (including phenoxy) is 3. The number of amides is 1. The summed E-state index contributed by atoms with van der Waals surface area (Å²) in [6.07, 6.45) is 1.47. The second kappa shape index (κ2) is 13.7. The molecule has 0 aromatic heterocycles. The molecular formula is C31H39N5O6. The van der Waals surface area contributed by atoms with Crippen LogP contribution in [0.2, 0.25) is 0 Å². The molecule has 2 aliphatic heterocycles. The maximum atomic E-state index is 14.4. The number of esters is 1. The topological polar surface area (TPSA) is 146 Å². The first-order chi connectivity index (χ1) is 20.2. The van der Waals surface area contributed by atoms with E-state index in [1.54, 1.807) is 49.9 Å². The van der Waals surface area contributed by atoms with Gasteiger partial charge in [-0.2, -0.15) is 0 Å². The van der Waals surface area contributed by atoms with Gasteiger partial charge in [-0.05, 0) is 81.0 Å². The molecule has 0 spiro atoms. The second-order valence-electron chi connectivity index (χ2n) is 11.5. The largest absolute Gasteiger partial charge is 0.494 e. The zero-order chi connectivity index (χ0) is 30.2. The van der Waals surface area contributed by atoms with Gasteiger partial charge >= 0.3 is 5.97 Å². The third-order valence-corrected chi connectivity index (χ3v) is 7.17. The van der Waals surface area contributed by atoms with Crippen molar-refractivity contribution in [1.82, 2.24) is 4.90 Å². The van der Waals surface area contributed by atoms with E-state index in [2.05, 4.69) is 10.0 Å². The smallest absolute Gasteiger partial charge is 0.306 e. The van der Waals surface area contributed by atoms with Gasteiger partial charge in [0, 0.05) is 43.0 Å². The number of hydrogen-bond donors (Lipinski definition) is 1. The summed E-state index contributed by atoms with van der Waals surface area (Å²) in [5.74, 6) is 0.278. The van der Waals surface area contributed by atoms with Gasteiger partial charge in [-0.25, -0.2) is 4.99 Å². The van der Waals surface area contributed by atoms with Crippen molar-refractivity contribution in [2.45, 2.75) is 76.7 Å². The van der Waals surface area contributed by atoms with Crippen molar-refractivity contribution in [2.24, 2.45) is 10.1 Å². The standard InChI is InChI=1S/C31H39N5O6/c1-30(2,3)42-26(38)15-16-31(29(39)36-17-6-7-18-36)27(25-10-5-4-9-23(25)21-33-35-32)41-28(34-31)22-11-13-24(14-12-22)40-20-8-19-37/h4-5,9-14,27,37H,6-8,15-21H2,1-3H3/t27-,31-/m1/s1. The Morgan fingerprint density at radius 1 is 1.17 bits per heavy atom. The van der Waals surface area contributed by atoms with Gasteiger partial charge in [0.05, 0.1) is 13.2 Å². The number of likely N-dealkylation sites (tertiary alicyclic amines) is 1. The van der Waals surface area contributed by atoms with Crippen LogP contribution in [0.3, 0.4) is 0 Å². The van der Waals surface area contributed by atoms with E-state index in [1.807, 2.05) is 24.3 Å². The SMILES string of the molecule is CC(C)(C)OC(=O)CC[C@@]1(C(=O)N2CCCC2)N=C(c2ccc(OCCCO)cc2)O[C@@H]1c1ccccc1CN=[N+]=[N-]. The lowest BCUT2D eigenvalue weighted by molar-refractivity contribution is -0.155. The number of nitrogens with zero attached hydrogens (tertiary/aromatic N) is 5. The molecule has 2 aliphatic rings. The van der Waals surface area contributed by atoms with E-state index < -0.39 is 23.2 Å². The Kier molecular flexibility index (Phi) is 10.1. The van der Waals surface area contributed by atoms with E-state index in [4.69, 9.17) is 29.8 Å². The quantitative estimate of drug-likeness (QED) is 0.120. The van der Waals surface area contributed by atoms with E-state index in [0.29, 0.717) is 48.6 Å². The van der Waals surface area contributed by atoms with Crippen LogP contribution >= 0.6 is 0 Å². The first-order valence-corrected chi connectivity index (χ1v) is 14.4. The fraction of sp³-hybridized carbons (Fsp3) is 0.516. The summed E-state index contributed by atoms with van der Waals surface area (Å²) in [5, 5.41) is 12.8. The first-order valence-electron chi connectivity index (χ1n) is 14.4. The average Bonchev–Trinajstić information content (AvgIpc) is 3.64. The summed E-state index contributed by atoms with van der Waals surface area (Å²) in [4.78, 5) is 37.1. The fourth-order valence-electron chi connectivity index (χ4n) is 5.25. The number of hydrogen-bond acceptors (Lipinski definition) is 8. The predicted octanol–water partition coefficient (Wildman–Crippen LogP) is 5.26. The normalized spacial score (nSPS) is 20.0. The molecule has 224 valence electrons. The molecule has 0 unspecified atom stereocenters. The van der Waals surface area contributed by atoms with Gasteiger partial charge < -0.3 is 24.2 Å². The molecular weight excluding hydrogens is 538 g/mol. The van der Waals surface area contributed by atoms with Gasteiger partial charge in [-0.1, -0.05) is 29.4 Å². The van der Waals surface area contributed by atoms with Crippen molar-refractivity contribution in [3.05, 3.63) is 75.7 Å². The highest BCUT2D eigenvalue weighted by molar-refractivity contribution is 6.01. The maximum absolute atomic E-state index is 14.4. The molecule has 0 saturated carbocycles. The molecule has 42 heavy (non-hydrogen) atoms. The van der Waals surface area contributed by atoms with E-state index >= 15 is 0 Å². The summed E-state index contributed by atoms with van der Waals surface area (Å²) >= 11 is 0. The van der Waals surface area contributed by atoms with Crippen LogP contribution in [0.1, 0.15) is 75.7 Å². The highest BCUT2D eigenvalue weighted by Crippen LogP contribution is 2.46. The molecule has 0 aliphatic carbocycles. The first kappa shape index (κ1) is 30.9. The third kappa shape index (κ3) is 7.40. The van der Waals surface area contributed by atoms with Crippen molar-refractivity contribution in [3.63, 3.8) is 0 Å². The summed E-state index contributed by atoms with van der Waals surface area (Å²) in [7, 11) is 0. The predicted molar refractivity (Wildman–Crippen MR) is 157 cm³/mol.